The number of rotatable bonds is 3. The molecule has 0 saturated carbocycles. The number of halogens is 2. The highest BCUT2D eigenvalue weighted by Gasteiger charge is 2.14. The van der Waals surface area contributed by atoms with Crippen LogP contribution in [0, 0.1) is 13.8 Å². The molecule has 0 unspecified atom stereocenters. The van der Waals surface area contributed by atoms with Crippen LogP contribution in [0.4, 0.5) is 10.5 Å². The number of aromatic amines is 1. The second-order valence-electron chi connectivity index (χ2n) is 6.75. The minimum atomic E-state index is -0.566. The number of H-pyrrole nitrogens is 1. The Labute approximate surface area is 177 Å². The molecule has 1 aromatic heterocycles. The van der Waals surface area contributed by atoms with E-state index >= 15 is 0 Å². The summed E-state index contributed by atoms with van der Waals surface area (Å²) in [6, 6.07) is 16.2. The number of fused-ring (bicyclic) bond motifs is 1. The Morgan fingerprint density at radius 3 is 2.38 bits per heavy atom. The summed E-state index contributed by atoms with van der Waals surface area (Å²) >= 11 is 12.5. The van der Waals surface area contributed by atoms with Gasteiger partial charge in [0, 0.05) is 11.8 Å². The van der Waals surface area contributed by atoms with Gasteiger partial charge in [-0.3, -0.25) is 5.32 Å². The number of hydrogen-bond donors (Lipinski definition) is 2. The molecule has 0 spiro atoms. The van der Waals surface area contributed by atoms with Crippen LogP contribution < -0.4 is 10.1 Å². The lowest BCUT2D eigenvalue weighted by atomic mass is 10.1. The summed E-state index contributed by atoms with van der Waals surface area (Å²) < 4.78 is 5.42. The number of nitrogens with one attached hydrogen (secondary N) is 2. The summed E-state index contributed by atoms with van der Waals surface area (Å²) in [5.74, 6) is 0.937. The standard InChI is InChI=1S/C22H17Cl2N3O2/c1-12-8-13(2)10-14(9-12)25-22(28)29-15-6-7-18-19(11-15)27-21(26-18)20-16(23)4-3-5-17(20)24/h3-11H,1-2H3,(H,25,28)(H,26,27). The van der Waals surface area contributed by atoms with E-state index in [1.54, 1.807) is 36.4 Å². The van der Waals surface area contributed by atoms with E-state index in [4.69, 9.17) is 27.9 Å². The number of amides is 1. The van der Waals surface area contributed by atoms with Gasteiger partial charge in [-0.2, -0.15) is 0 Å². The molecule has 146 valence electrons. The number of carbonyl (C=O) groups is 1. The van der Waals surface area contributed by atoms with Crippen LogP contribution in [0.5, 0.6) is 5.75 Å². The zero-order valence-corrected chi connectivity index (χ0v) is 17.2. The minimum absolute atomic E-state index is 0.389. The average Bonchev–Trinajstić information content (AvgIpc) is 3.03. The van der Waals surface area contributed by atoms with Gasteiger partial charge in [-0.25, -0.2) is 9.78 Å². The van der Waals surface area contributed by atoms with Crippen LogP contribution in [-0.4, -0.2) is 16.1 Å². The van der Waals surface area contributed by atoms with Crippen LogP contribution in [0.2, 0.25) is 10.0 Å². The van der Waals surface area contributed by atoms with Crippen molar-refractivity contribution in [2.24, 2.45) is 0 Å². The fourth-order valence-corrected chi connectivity index (χ4v) is 3.77. The van der Waals surface area contributed by atoms with E-state index in [-0.39, 0.29) is 0 Å². The molecule has 0 aliphatic heterocycles. The van der Waals surface area contributed by atoms with Crippen molar-refractivity contribution >= 4 is 46.0 Å². The number of aryl methyl sites for hydroxylation is 2. The Balaban J connectivity index is 1.57. The van der Waals surface area contributed by atoms with Crippen molar-refractivity contribution < 1.29 is 9.53 Å². The molecule has 0 fully saturated rings. The van der Waals surface area contributed by atoms with E-state index in [1.807, 2.05) is 32.0 Å². The quantitative estimate of drug-likeness (QED) is 0.380. The first-order valence-corrected chi connectivity index (χ1v) is 9.66. The number of hydrogen-bond acceptors (Lipinski definition) is 3. The van der Waals surface area contributed by atoms with E-state index in [2.05, 4.69) is 15.3 Å². The summed E-state index contributed by atoms with van der Waals surface area (Å²) in [4.78, 5) is 20.0. The summed E-state index contributed by atoms with van der Waals surface area (Å²) in [6.07, 6.45) is -0.566. The van der Waals surface area contributed by atoms with Crippen molar-refractivity contribution in [2.75, 3.05) is 5.32 Å². The van der Waals surface area contributed by atoms with Gasteiger partial charge in [0.1, 0.15) is 11.6 Å². The third-order valence-corrected chi connectivity index (χ3v) is 4.96. The smallest absolute Gasteiger partial charge is 0.410 e. The number of aromatic nitrogens is 2. The van der Waals surface area contributed by atoms with Crippen molar-refractivity contribution in [2.45, 2.75) is 13.8 Å². The monoisotopic (exact) mass is 425 g/mol. The van der Waals surface area contributed by atoms with Gasteiger partial charge in [-0.05, 0) is 61.4 Å². The number of benzene rings is 3. The molecule has 0 saturated heterocycles. The van der Waals surface area contributed by atoms with Crippen molar-refractivity contribution in [3.8, 4) is 17.1 Å². The molecule has 3 aromatic carbocycles. The Morgan fingerprint density at radius 1 is 1.00 bits per heavy atom. The van der Waals surface area contributed by atoms with Crippen molar-refractivity contribution in [1.29, 1.82) is 0 Å². The van der Waals surface area contributed by atoms with Gasteiger partial charge in [0.25, 0.3) is 0 Å². The number of nitrogens with zero attached hydrogens (tertiary/aromatic N) is 1. The zero-order chi connectivity index (χ0) is 20.5. The lowest BCUT2D eigenvalue weighted by Gasteiger charge is -2.08. The van der Waals surface area contributed by atoms with Gasteiger partial charge in [0.2, 0.25) is 0 Å². The lowest BCUT2D eigenvalue weighted by molar-refractivity contribution is 0.215. The zero-order valence-electron chi connectivity index (χ0n) is 15.7. The molecule has 5 nitrogen and oxygen atoms in total. The molecule has 0 radical (unpaired) electrons. The van der Waals surface area contributed by atoms with Crippen molar-refractivity contribution in [1.82, 2.24) is 9.97 Å². The fourth-order valence-electron chi connectivity index (χ4n) is 3.19. The molecule has 4 aromatic rings. The molecular weight excluding hydrogens is 409 g/mol. The summed E-state index contributed by atoms with van der Waals surface area (Å²) in [7, 11) is 0. The molecule has 1 amide bonds. The normalized spacial score (nSPS) is 10.9. The molecule has 4 rings (SSSR count). The number of ether oxygens (including phenoxy) is 1. The maximum absolute atomic E-state index is 12.3. The van der Waals surface area contributed by atoms with E-state index in [0.717, 1.165) is 11.1 Å². The Hall–Kier alpha value is -3.02. The van der Waals surface area contributed by atoms with Crippen molar-refractivity contribution in [3.63, 3.8) is 0 Å². The van der Waals surface area contributed by atoms with E-state index < -0.39 is 6.09 Å². The second kappa shape index (κ2) is 7.78. The van der Waals surface area contributed by atoms with E-state index in [9.17, 15) is 4.79 Å². The number of imidazole rings is 1. The minimum Gasteiger partial charge on any atom is -0.410 e. The Kier molecular flexibility index (Phi) is 5.18. The molecule has 0 atom stereocenters. The molecule has 7 heteroatoms. The average molecular weight is 426 g/mol. The van der Waals surface area contributed by atoms with Gasteiger partial charge in [-0.1, -0.05) is 35.3 Å². The first-order valence-electron chi connectivity index (χ1n) is 8.90. The van der Waals surface area contributed by atoms with Gasteiger partial charge in [0.05, 0.1) is 26.6 Å². The molecular formula is C22H17Cl2N3O2. The molecule has 0 aliphatic carbocycles. The highest BCUT2D eigenvalue weighted by Crippen LogP contribution is 2.34. The largest absolute Gasteiger partial charge is 0.417 e. The van der Waals surface area contributed by atoms with Gasteiger partial charge >= 0.3 is 6.09 Å². The van der Waals surface area contributed by atoms with Crippen LogP contribution >= 0.6 is 23.2 Å². The van der Waals surface area contributed by atoms with Crippen molar-refractivity contribution in [3.05, 3.63) is 75.8 Å². The highest BCUT2D eigenvalue weighted by molar-refractivity contribution is 6.39. The predicted molar refractivity (Wildman–Crippen MR) is 117 cm³/mol. The summed E-state index contributed by atoms with van der Waals surface area (Å²) in [5.41, 5.74) is 4.84. The molecule has 0 aliphatic rings. The molecule has 0 bridgehead atoms. The van der Waals surface area contributed by atoms with Gasteiger partial charge < -0.3 is 9.72 Å². The number of carbonyl (C=O) groups excluding carboxylic acids is 1. The molecule has 29 heavy (non-hydrogen) atoms. The molecule has 1 heterocycles. The summed E-state index contributed by atoms with van der Waals surface area (Å²) in [5, 5.41) is 3.75. The van der Waals surface area contributed by atoms with Gasteiger partial charge in [-0.15, -0.1) is 0 Å². The van der Waals surface area contributed by atoms with Crippen LogP contribution in [0.3, 0.4) is 0 Å². The topological polar surface area (TPSA) is 67.0 Å². The molecule has 2 N–H and O–H groups in total. The Bertz CT molecular complexity index is 1190. The van der Waals surface area contributed by atoms with Crippen LogP contribution in [0.25, 0.3) is 22.4 Å². The van der Waals surface area contributed by atoms with Crippen LogP contribution in [-0.2, 0) is 0 Å². The maximum Gasteiger partial charge on any atom is 0.417 e. The van der Waals surface area contributed by atoms with E-state index in [0.29, 0.717) is 43.9 Å². The van der Waals surface area contributed by atoms with E-state index in [1.165, 1.54) is 0 Å². The van der Waals surface area contributed by atoms with Crippen LogP contribution in [0.15, 0.2) is 54.6 Å². The summed E-state index contributed by atoms with van der Waals surface area (Å²) in [6.45, 7) is 3.94. The van der Waals surface area contributed by atoms with Crippen LogP contribution in [0.1, 0.15) is 11.1 Å². The fraction of sp³-hybridized carbons (Fsp3) is 0.0909. The Morgan fingerprint density at radius 2 is 1.69 bits per heavy atom. The third kappa shape index (κ3) is 4.21. The SMILES string of the molecule is Cc1cc(C)cc(NC(=O)Oc2ccc3nc(-c4c(Cl)cccc4Cl)[nH]c3c2)c1. The second-order valence-corrected chi connectivity index (χ2v) is 7.57. The van der Waals surface area contributed by atoms with Gasteiger partial charge in [0.15, 0.2) is 0 Å². The predicted octanol–water partition coefficient (Wildman–Crippen LogP) is 6.76. The maximum atomic E-state index is 12.3. The first-order chi connectivity index (χ1) is 13.9. The first kappa shape index (κ1) is 19.3. The number of anilines is 1. The highest BCUT2D eigenvalue weighted by atomic mass is 35.5. The third-order valence-electron chi connectivity index (χ3n) is 4.33. The lowest BCUT2D eigenvalue weighted by Crippen LogP contribution is -2.16.